The maximum atomic E-state index is 12.7. The lowest BCUT2D eigenvalue weighted by Gasteiger charge is -2.40. The molecule has 0 aliphatic carbocycles. The zero-order valence-electron chi connectivity index (χ0n) is 15.3. The molecule has 2 aliphatic rings. The van der Waals surface area contributed by atoms with Crippen LogP contribution < -0.4 is 0 Å². The third-order valence-electron chi connectivity index (χ3n) is 5.07. The molecule has 2 amide bonds. The third-order valence-corrected chi connectivity index (χ3v) is 5.07. The highest BCUT2D eigenvalue weighted by Crippen LogP contribution is 2.20. The van der Waals surface area contributed by atoms with Gasteiger partial charge in [0.2, 0.25) is 11.8 Å². The first kappa shape index (κ1) is 18.2. The number of amides is 2. The molecule has 2 fully saturated rings. The van der Waals surface area contributed by atoms with E-state index in [2.05, 4.69) is 4.90 Å². The van der Waals surface area contributed by atoms with Crippen LogP contribution in [0.5, 0.6) is 0 Å². The molecule has 0 aromatic carbocycles. The van der Waals surface area contributed by atoms with Crippen molar-refractivity contribution in [3.63, 3.8) is 0 Å². The highest BCUT2D eigenvalue weighted by atomic mass is 16.2. The molecule has 5 heteroatoms. The number of carbonyl (C=O) groups is 2. The van der Waals surface area contributed by atoms with Gasteiger partial charge in [-0.2, -0.15) is 0 Å². The van der Waals surface area contributed by atoms with Crippen molar-refractivity contribution in [2.45, 2.75) is 59.4 Å². The average Bonchev–Trinajstić information content (AvgIpc) is 2.81. The summed E-state index contributed by atoms with van der Waals surface area (Å²) in [6.45, 7) is 12.8. The quantitative estimate of drug-likeness (QED) is 0.780. The molecule has 0 aromatic rings. The topological polar surface area (TPSA) is 43.9 Å². The van der Waals surface area contributed by atoms with Crippen molar-refractivity contribution in [2.24, 2.45) is 5.41 Å². The second-order valence-corrected chi connectivity index (χ2v) is 7.99. The lowest BCUT2D eigenvalue weighted by Crippen LogP contribution is -2.56. The minimum atomic E-state index is -0.324. The van der Waals surface area contributed by atoms with Crippen molar-refractivity contribution in [2.75, 3.05) is 39.3 Å². The lowest BCUT2D eigenvalue weighted by molar-refractivity contribution is -0.143. The van der Waals surface area contributed by atoms with Gasteiger partial charge in [0, 0.05) is 44.7 Å². The average molecular weight is 323 g/mol. The number of likely N-dealkylation sites (tertiary alicyclic amines) is 1. The maximum Gasteiger partial charge on any atom is 0.239 e. The molecular weight excluding hydrogens is 290 g/mol. The fraction of sp³-hybridized carbons (Fsp3) is 0.889. The van der Waals surface area contributed by atoms with E-state index in [4.69, 9.17) is 0 Å². The molecule has 0 spiro atoms. The van der Waals surface area contributed by atoms with Crippen LogP contribution in [0.1, 0.15) is 53.4 Å². The van der Waals surface area contributed by atoms with Crippen molar-refractivity contribution in [3.8, 4) is 0 Å². The van der Waals surface area contributed by atoms with Gasteiger partial charge in [-0.1, -0.05) is 33.6 Å². The van der Waals surface area contributed by atoms with Crippen LogP contribution >= 0.6 is 0 Å². The molecule has 1 atom stereocenters. The molecule has 2 aliphatic heterocycles. The van der Waals surface area contributed by atoms with Crippen molar-refractivity contribution < 1.29 is 9.59 Å². The molecule has 2 heterocycles. The summed E-state index contributed by atoms with van der Waals surface area (Å²) in [5.41, 5.74) is -0.324. The van der Waals surface area contributed by atoms with Crippen molar-refractivity contribution in [1.82, 2.24) is 14.7 Å². The van der Waals surface area contributed by atoms with Crippen LogP contribution in [-0.4, -0.2) is 71.8 Å². The monoisotopic (exact) mass is 323 g/mol. The van der Waals surface area contributed by atoms with Gasteiger partial charge in [0.15, 0.2) is 0 Å². The summed E-state index contributed by atoms with van der Waals surface area (Å²) in [4.78, 5) is 31.3. The SMILES string of the molecule is CC(C(=O)N1CCCCCC1)N1CCN(C(=O)C(C)(C)C)CC1. The molecule has 1 unspecified atom stereocenters. The van der Waals surface area contributed by atoms with Crippen molar-refractivity contribution >= 4 is 11.8 Å². The minimum absolute atomic E-state index is 0.0695. The highest BCUT2D eigenvalue weighted by molar-refractivity contribution is 5.82. The van der Waals surface area contributed by atoms with Gasteiger partial charge in [-0.25, -0.2) is 0 Å². The Morgan fingerprint density at radius 3 is 1.78 bits per heavy atom. The molecule has 132 valence electrons. The fourth-order valence-electron chi connectivity index (χ4n) is 3.50. The van der Waals surface area contributed by atoms with Crippen LogP contribution in [0.15, 0.2) is 0 Å². The number of hydrogen-bond donors (Lipinski definition) is 0. The van der Waals surface area contributed by atoms with Crippen molar-refractivity contribution in [3.05, 3.63) is 0 Å². The van der Waals surface area contributed by atoms with Gasteiger partial charge >= 0.3 is 0 Å². The summed E-state index contributed by atoms with van der Waals surface area (Å²) in [7, 11) is 0. The number of rotatable bonds is 2. The van der Waals surface area contributed by atoms with Crippen LogP contribution in [0, 0.1) is 5.41 Å². The first-order valence-corrected chi connectivity index (χ1v) is 9.13. The van der Waals surface area contributed by atoms with E-state index in [0.29, 0.717) is 0 Å². The molecule has 0 saturated carbocycles. The fourth-order valence-corrected chi connectivity index (χ4v) is 3.50. The largest absolute Gasteiger partial charge is 0.341 e. The van der Waals surface area contributed by atoms with E-state index in [0.717, 1.165) is 52.1 Å². The second kappa shape index (κ2) is 7.65. The molecule has 23 heavy (non-hydrogen) atoms. The second-order valence-electron chi connectivity index (χ2n) is 7.99. The summed E-state index contributed by atoms with van der Waals surface area (Å²) in [5, 5.41) is 0. The first-order chi connectivity index (χ1) is 10.8. The van der Waals surface area contributed by atoms with Gasteiger partial charge in [0.25, 0.3) is 0 Å². The Bertz CT molecular complexity index is 414. The molecule has 5 nitrogen and oxygen atoms in total. The van der Waals surface area contributed by atoms with Gasteiger partial charge in [-0.3, -0.25) is 14.5 Å². The zero-order chi connectivity index (χ0) is 17.0. The van der Waals surface area contributed by atoms with Crippen LogP contribution in [0.4, 0.5) is 0 Å². The number of carbonyl (C=O) groups excluding carboxylic acids is 2. The molecule has 0 bridgehead atoms. The lowest BCUT2D eigenvalue weighted by atomic mass is 9.94. The molecular formula is C18H33N3O2. The van der Waals surface area contributed by atoms with Gasteiger partial charge in [0.05, 0.1) is 6.04 Å². The standard InChI is InChI=1S/C18H33N3O2/c1-15(16(22)20-9-7-5-6-8-10-20)19-11-13-21(14-12-19)17(23)18(2,3)4/h15H,5-14H2,1-4H3. The van der Waals surface area contributed by atoms with Crippen LogP contribution in [-0.2, 0) is 9.59 Å². The minimum Gasteiger partial charge on any atom is -0.341 e. The Labute approximate surface area is 141 Å². The van der Waals surface area contributed by atoms with Gasteiger partial charge < -0.3 is 9.80 Å². The number of nitrogens with zero attached hydrogens (tertiary/aromatic N) is 3. The van der Waals surface area contributed by atoms with E-state index >= 15 is 0 Å². The zero-order valence-corrected chi connectivity index (χ0v) is 15.3. The molecule has 0 N–H and O–H groups in total. The summed E-state index contributed by atoms with van der Waals surface area (Å²) < 4.78 is 0. The van der Waals surface area contributed by atoms with Gasteiger partial charge in [-0.05, 0) is 19.8 Å². The van der Waals surface area contributed by atoms with Gasteiger partial charge in [-0.15, -0.1) is 0 Å². The molecule has 0 aromatic heterocycles. The Hall–Kier alpha value is -1.10. The Morgan fingerprint density at radius 2 is 1.30 bits per heavy atom. The number of piperazine rings is 1. The normalized spacial score (nSPS) is 22.6. The van der Waals surface area contributed by atoms with Crippen LogP contribution in [0.2, 0.25) is 0 Å². The summed E-state index contributed by atoms with van der Waals surface area (Å²) in [6, 6.07) is -0.0695. The predicted octanol–water partition coefficient (Wildman–Crippen LogP) is 1.97. The number of hydrogen-bond acceptors (Lipinski definition) is 3. The summed E-state index contributed by atoms with van der Waals surface area (Å²) >= 11 is 0. The maximum absolute atomic E-state index is 12.7. The molecule has 2 rings (SSSR count). The molecule has 0 radical (unpaired) electrons. The predicted molar refractivity (Wildman–Crippen MR) is 92.1 cm³/mol. The summed E-state index contributed by atoms with van der Waals surface area (Å²) in [5.74, 6) is 0.478. The third kappa shape index (κ3) is 4.69. The van der Waals surface area contributed by atoms with E-state index in [9.17, 15) is 9.59 Å². The van der Waals surface area contributed by atoms with Crippen molar-refractivity contribution in [1.29, 1.82) is 0 Å². The Kier molecular flexibility index (Phi) is 6.06. The van der Waals surface area contributed by atoms with E-state index in [1.165, 1.54) is 12.8 Å². The molecule has 2 saturated heterocycles. The van der Waals surface area contributed by atoms with Gasteiger partial charge in [0.1, 0.15) is 0 Å². The smallest absolute Gasteiger partial charge is 0.239 e. The first-order valence-electron chi connectivity index (χ1n) is 9.13. The Morgan fingerprint density at radius 1 is 0.783 bits per heavy atom. The van der Waals surface area contributed by atoms with E-state index in [1.54, 1.807) is 0 Å². The van der Waals surface area contributed by atoms with Crippen LogP contribution in [0.25, 0.3) is 0 Å². The van der Waals surface area contributed by atoms with E-state index < -0.39 is 0 Å². The van der Waals surface area contributed by atoms with E-state index in [-0.39, 0.29) is 23.3 Å². The highest BCUT2D eigenvalue weighted by Gasteiger charge is 2.33. The summed E-state index contributed by atoms with van der Waals surface area (Å²) in [6.07, 6.45) is 4.75. The Balaban J connectivity index is 1.86. The van der Waals surface area contributed by atoms with E-state index in [1.807, 2.05) is 37.5 Å². The van der Waals surface area contributed by atoms with Crippen LogP contribution in [0.3, 0.4) is 0 Å².